The Morgan fingerprint density at radius 1 is 1.29 bits per heavy atom. The van der Waals surface area contributed by atoms with Gasteiger partial charge in [0.2, 0.25) is 0 Å². The Balaban J connectivity index is 1.59. The molecule has 0 aromatic carbocycles. The topological polar surface area (TPSA) is 47.7 Å². The third-order valence-electron chi connectivity index (χ3n) is 4.12. The Kier molecular flexibility index (Phi) is 4.27. The lowest BCUT2D eigenvalue weighted by atomic mass is 10.2. The first kappa shape index (κ1) is 14.2. The van der Waals surface area contributed by atoms with E-state index in [4.69, 9.17) is 0 Å². The zero-order valence-electron chi connectivity index (χ0n) is 13.0. The van der Waals surface area contributed by atoms with Gasteiger partial charge in [0.1, 0.15) is 0 Å². The third kappa shape index (κ3) is 3.46. The number of nitrogens with zero attached hydrogens (tertiary/aromatic N) is 4. The van der Waals surface area contributed by atoms with Crippen LogP contribution < -0.4 is 5.32 Å². The fraction of sp³-hybridized carbons (Fsp3) is 0.625. The number of hydrogen-bond donors (Lipinski definition) is 1. The first-order chi connectivity index (χ1) is 10.2. The maximum absolute atomic E-state index is 4.50. The summed E-state index contributed by atoms with van der Waals surface area (Å²) < 4.78 is 4.21. The van der Waals surface area contributed by atoms with E-state index in [1.165, 1.54) is 31.4 Å². The molecule has 2 heterocycles. The minimum absolute atomic E-state index is 0.604. The SMILES string of the molecule is CC(C)Cn1nccc1CNc1cnn(C2CCCC2)c1. The Morgan fingerprint density at radius 3 is 2.86 bits per heavy atom. The predicted octanol–water partition coefficient (Wildman–Crippen LogP) is 3.46. The van der Waals surface area contributed by atoms with Gasteiger partial charge in [-0.15, -0.1) is 0 Å². The fourth-order valence-electron chi connectivity index (χ4n) is 3.01. The van der Waals surface area contributed by atoms with Crippen LogP contribution >= 0.6 is 0 Å². The lowest BCUT2D eigenvalue weighted by Gasteiger charge is -2.11. The van der Waals surface area contributed by atoms with Crippen molar-refractivity contribution in [2.24, 2.45) is 5.92 Å². The maximum atomic E-state index is 4.50. The Bertz CT molecular complexity index is 563. The minimum atomic E-state index is 0.604. The van der Waals surface area contributed by atoms with Gasteiger partial charge in [-0.3, -0.25) is 9.36 Å². The van der Waals surface area contributed by atoms with Crippen molar-refractivity contribution >= 4 is 5.69 Å². The van der Waals surface area contributed by atoms with E-state index < -0.39 is 0 Å². The molecular weight excluding hydrogens is 262 g/mol. The van der Waals surface area contributed by atoms with E-state index in [-0.39, 0.29) is 0 Å². The summed E-state index contributed by atoms with van der Waals surface area (Å²) in [5.41, 5.74) is 2.32. The van der Waals surface area contributed by atoms with Crippen LogP contribution in [-0.4, -0.2) is 19.6 Å². The molecule has 2 aromatic heterocycles. The van der Waals surface area contributed by atoms with Crippen molar-refractivity contribution in [1.29, 1.82) is 0 Å². The van der Waals surface area contributed by atoms with Gasteiger partial charge in [0, 0.05) is 18.9 Å². The van der Waals surface area contributed by atoms with E-state index in [0.717, 1.165) is 18.8 Å². The molecule has 1 aliphatic carbocycles. The van der Waals surface area contributed by atoms with Crippen molar-refractivity contribution in [3.05, 3.63) is 30.4 Å². The standard InChI is InChI=1S/C16H25N5/c1-13(2)11-20-16(7-8-18-20)10-17-14-9-19-21(12-14)15-5-3-4-6-15/h7-9,12-13,15,17H,3-6,10-11H2,1-2H3. The van der Waals surface area contributed by atoms with E-state index in [0.29, 0.717) is 12.0 Å². The summed E-state index contributed by atoms with van der Waals surface area (Å²) in [5, 5.41) is 12.4. The van der Waals surface area contributed by atoms with E-state index in [1.54, 1.807) is 0 Å². The quantitative estimate of drug-likeness (QED) is 0.885. The molecule has 0 bridgehead atoms. The third-order valence-corrected chi connectivity index (χ3v) is 4.12. The molecule has 114 valence electrons. The molecule has 5 heteroatoms. The number of rotatable bonds is 6. The highest BCUT2D eigenvalue weighted by atomic mass is 15.3. The van der Waals surface area contributed by atoms with Crippen molar-refractivity contribution in [3.63, 3.8) is 0 Å². The van der Waals surface area contributed by atoms with E-state index in [9.17, 15) is 0 Å². The summed E-state index contributed by atoms with van der Waals surface area (Å²) in [7, 11) is 0. The van der Waals surface area contributed by atoms with Gasteiger partial charge in [-0.05, 0) is 24.8 Å². The van der Waals surface area contributed by atoms with Gasteiger partial charge in [0.05, 0.1) is 30.2 Å². The van der Waals surface area contributed by atoms with Gasteiger partial charge in [-0.1, -0.05) is 26.7 Å². The molecule has 0 saturated heterocycles. The Morgan fingerprint density at radius 2 is 2.10 bits per heavy atom. The average Bonchev–Trinajstić information content (AvgIpc) is 3.17. The molecule has 1 N–H and O–H groups in total. The van der Waals surface area contributed by atoms with Gasteiger partial charge >= 0.3 is 0 Å². The molecule has 0 unspecified atom stereocenters. The molecule has 0 atom stereocenters. The van der Waals surface area contributed by atoms with Crippen LogP contribution in [0.3, 0.4) is 0 Å². The molecule has 5 nitrogen and oxygen atoms in total. The highest BCUT2D eigenvalue weighted by Gasteiger charge is 2.17. The normalized spacial score (nSPS) is 16.0. The highest BCUT2D eigenvalue weighted by molar-refractivity contribution is 5.38. The van der Waals surface area contributed by atoms with E-state index >= 15 is 0 Å². The zero-order chi connectivity index (χ0) is 14.7. The molecule has 1 saturated carbocycles. The molecule has 1 aliphatic rings. The minimum Gasteiger partial charge on any atom is -0.377 e. The van der Waals surface area contributed by atoms with E-state index in [1.807, 2.05) is 12.4 Å². The summed E-state index contributed by atoms with van der Waals surface area (Å²) in [6.07, 6.45) is 11.1. The maximum Gasteiger partial charge on any atom is 0.0729 e. The summed E-state index contributed by atoms with van der Waals surface area (Å²) >= 11 is 0. The van der Waals surface area contributed by atoms with E-state index in [2.05, 4.69) is 51.0 Å². The molecule has 21 heavy (non-hydrogen) atoms. The second-order valence-electron chi connectivity index (χ2n) is 6.40. The lowest BCUT2D eigenvalue weighted by molar-refractivity contribution is 0.467. The summed E-state index contributed by atoms with van der Waals surface area (Å²) in [4.78, 5) is 0. The molecule has 0 radical (unpaired) electrons. The number of anilines is 1. The predicted molar refractivity (Wildman–Crippen MR) is 84.1 cm³/mol. The molecule has 2 aromatic rings. The molecular formula is C16H25N5. The van der Waals surface area contributed by atoms with Crippen LogP contribution in [0.1, 0.15) is 51.3 Å². The first-order valence-electron chi connectivity index (χ1n) is 8.01. The molecule has 0 spiro atoms. The van der Waals surface area contributed by atoms with Crippen molar-refractivity contribution < 1.29 is 0 Å². The molecule has 0 aliphatic heterocycles. The molecule has 1 fully saturated rings. The number of aromatic nitrogens is 4. The first-order valence-corrected chi connectivity index (χ1v) is 8.01. The average molecular weight is 287 g/mol. The van der Waals surface area contributed by atoms with Crippen LogP contribution in [0.15, 0.2) is 24.7 Å². The van der Waals surface area contributed by atoms with Crippen molar-refractivity contribution in [2.45, 2.75) is 58.7 Å². The molecule has 3 rings (SSSR count). The van der Waals surface area contributed by atoms with Gasteiger partial charge in [-0.2, -0.15) is 10.2 Å². The van der Waals surface area contributed by atoms with Crippen LogP contribution in [0.2, 0.25) is 0 Å². The summed E-state index contributed by atoms with van der Waals surface area (Å²) in [6.45, 7) is 6.18. The van der Waals surface area contributed by atoms with Crippen molar-refractivity contribution in [1.82, 2.24) is 19.6 Å². The van der Waals surface area contributed by atoms with Gasteiger partial charge in [0.25, 0.3) is 0 Å². The monoisotopic (exact) mass is 287 g/mol. The fourth-order valence-corrected chi connectivity index (χ4v) is 3.01. The largest absolute Gasteiger partial charge is 0.377 e. The van der Waals surface area contributed by atoms with Gasteiger partial charge < -0.3 is 5.32 Å². The van der Waals surface area contributed by atoms with Crippen LogP contribution in [0.25, 0.3) is 0 Å². The van der Waals surface area contributed by atoms with Crippen LogP contribution in [-0.2, 0) is 13.1 Å². The smallest absolute Gasteiger partial charge is 0.0729 e. The highest BCUT2D eigenvalue weighted by Crippen LogP contribution is 2.29. The van der Waals surface area contributed by atoms with Crippen LogP contribution in [0, 0.1) is 5.92 Å². The Labute approximate surface area is 126 Å². The number of hydrogen-bond acceptors (Lipinski definition) is 3. The summed E-state index contributed by atoms with van der Waals surface area (Å²) in [6, 6.07) is 2.68. The number of nitrogens with one attached hydrogen (secondary N) is 1. The Hall–Kier alpha value is -1.78. The molecule has 0 amide bonds. The second-order valence-corrected chi connectivity index (χ2v) is 6.40. The lowest BCUT2D eigenvalue weighted by Crippen LogP contribution is -2.12. The van der Waals surface area contributed by atoms with Crippen molar-refractivity contribution in [2.75, 3.05) is 5.32 Å². The van der Waals surface area contributed by atoms with Gasteiger partial charge in [-0.25, -0.2) is 0 Å². The van der Waals surface area contributed by atoms with Crippen molar-refractivity contribution in [3.8, 4) is 0 Å². The zero-order valence-corrected chi connectivity index (χ0v) is 13.0. The van der Waals surface area contributed by atoms with Gasteiger partial charge in [0.15, 0.2) is 0 Å². The summed E-state index contributed by atoms with van der Waals surface area (Å²) in [5.74, 6) is 0.605. The van der Waals surface area contributed by atoms with Crippen LogP contribution in [0.5, 0.6) is 0 Å². The van der Waals surface area contributed by atoms with Crippen LogP contribution in [0.4, 0.5) is 5.69 Å². The second kappa shape index (κ2) is 6.33.